The van der Waals surface area contributed by atoms with E-state index in [1.165, 1.54) is 12.1 Å². The molecule has 0 heterocycles. The van der Waals surface area contributed by atoms with Crippen LogP contribution in [0.2, 0.25) is 0 Å². The van der Waals surface area contributed by atoms with Gasteiger partial charge in [0.05, 0.1) is 18.0 Å². The van der Waals surface area contributed by atoms with Gasteiger partial charge in [0, 0.05) is 5.56 Å². The molecule has 2 aromatic carbocycles. The fourth-order valence-corrected chi connectivity index (χ4v) is 2.16. The van der Waals surface area contributed by atoms with Gasteiger partial charge in [-0.25, -0.2) is 4.39 Å². The minimum Gasteiger partial charge on any atom is -0.465 e. The molecule has 0 saturated heterocycles. The number of hydrogen-bond donors (Lipinski definition) is 2. The maximum atomic E-state index is 14.4. The van der Waals surface area contributed by atoms with Crippen molar-refractivity contribution in [1.82, 2.24) is 0 Å². The van der Waals surface area contributed by atoms with Gasteiger partial charge in [0.25, 0.3) is 0 Å². The third kappa shape index (κ3) is 2.97. The van der Waals surface area contributed by atoms with Crippen molar-refractivity contribution < 1.29 is 13.9 Å². The summed E-state index contributed by atoms with van der Waals surface area (Å²) in [4.78, 5) is 12.2. The van der Waals surface area contributed by atoms with Crippen LogP contribution >= 0.6 is 0 Å². The first-order valence-electron chi connectivity index (χ1n) is 6.61. The Morgan fingerprint density at radius 1 is 1.19 bits per heavy atom. The van der Waals surface area contributed by atoms with E-state index >= 15 is 0 Å². The van der Waals surface area contributed by atoms with Crippen molar-refractivity contribution in [2.75, 3.05) is 18.1 Å². The predicted molar refractivity (Wildman–Crippen MR) is 80.1 cm³/mol. The van der Waals surface area contributed by atoms with E-state index in [9.17, 15) is 9.18 Å². The Morgan fingerprint density at radius 3 is 2.48 bits per heavy atom. The molecule has 0 aliphatic heterocycles. The monoisotopic (exact) mass is 288 g/mol. The van der Waals surface area contributed by atoms with Crippen molar-refractivity contribution in [1.29, 1.82) is 0 Å². The largest absolute Gasteiger partial charge is 0.465 e. The van der Waals surface area contributed by atoms with Crippen molar-refractivity contribution in [2.24, 2.45) is 0 Å². The number of rotatable bonds is 4. The lowest BCUT2D eigenvalue weighted by molar-refractivity contribution is -0.143. The van der Waals surface area contributed by atoms with E-state index in [1.54, 1.807) is 31.2 Å². The lowest BCUT2D eigenvalue weighted by Crippen LogP contribution is -2.19. The average molecular weight is 288 g/mol. The number of nitrogen functional groups attached to an aromatic ring is 2. The van der Waals surface area contributed by atoms with Gasteiger partial charge >= 0.3 is 5.97 Å². The van der Waals surface area contributed by atoms with Gasteiger partial charge in [-0.3, -0.25) is 4.79 Å². The summed E-state index contributed by atoms with van der Waals surface area (Å²) >= 11 is 0. The second-order valence-corrected chi connectivity index (χ2v) is 4.57. The normalized spacial score (nSPS) is 11.9. The smallest absolute Gasteiger partial charge is 0.318 e. The highest BCUT2D eigenvalue weighted by molar-refractivity contribution is 5.83. The first kappa shape index (κ1) is 14.8. The number of carbonyl (C=O) groups excluding carboxylic acids is 1. The standard InChI is InChI=1S/C16H17FN2O2/c1-2-21-16(20)13(10-6-4-3-5-7-10)11-8-9-12(18)15(19)14(11)17/h3-9,13H,2,18-19H2,1H3. The van der Waals surface area contributed by atoms with Crippen LogP contribution in [-0.4, -0.2) is 12.6 Å². The molecule has 0 radical (unpaired) electrons. The highest BCUT2D eigenvalue weighted by Crippen LogP contribution is 2.32. The number of esters is 1. The number of hydrogen-bond acceptors (Lipinski definition) is 4. The summed E-state index contributed by atoms with van der Waals surface area (Å²) in [5.74, 6) is -2.07. The fraction of sp³-hybridized carbons (Fsp3) is 0.188. The Morgan fingerprint density at radius 2 is 1.86 bits per heavy atom. The number of halogens is 1. The summed E-state index contributed by atoms with van der Waals surface area (Å²) in [6.45, 7) is 1.92. The van der Waals surface area contributed by atoms with Crippen molar-refractivity contribution in [3.8, 4) is 0 Å². The maximum Gasteiger partial charge on any atom is 0.318 e. The summed E-state index contributed by atoms with van der Waals surface area (Å²) in [5.41, 5.74) is 12.0. The first-order chi connectivity index (χ1) is 10.1. The molecule has 0 spiro atoms. The molecule has 4 nitrogen and oxygen atoms in total. The lowest BCUT2D eigenvalue weighted by atomic mass is 9.90. The van der Waals surface area contributed by atoms with E-state index in [2.05, 4.69) is 0 Å². The third-order valence-corrected chi connectivity index (χ3v) is 3.21. The van der Waals surface area contributed by atoms with Gasteiger partial charge < -0.3 is 16.2 Å². The van der Waals surface area contributed by atoms with Crippen LogP contribution in [0, 0.1) is 5.82 Å². The van der Waals surface area contributed by atoms with Crippen molar-refractivity contribution in [2.45, 2.75) is 12.8 Å². The van der Waals surface area contributed by atoms with E-state index in [0.717, 1.165) is 0 Å². The van der Waals surface area contributed by atoms with Crippen LogP contribution in [0.1, 0.15) is 24.0 Å². The molecule has 0 aliphatic carbocycles. The SMILES string of the molecule is CCOC(=O)C(c1ccccc1)c1ccc(N)c(N)c1F. The molecular formula is C16H17FN2O2. The number of anilines is 2. The Kier molecular flexibility index (Phi) is 4.42. The van der Waals surface area contributed by atoms with Crippen LogP contribution in [0.3, 0.4) is 0 Å². The van der Waals surface area contributed by atoms with Crippen LogP contribution in [0.5, 0.6) is 0 Å². The molecule has 21 heavy (non-hydrogen) atoms. The van der Waals surface area contributed by atoms with Crippen LogP contribution in [0.25, 0.3) is 0 Å². The number of ether oxygens (including phenoxy) is 1. The van der Waals surface area contributed by atoms with Gasteiger partial charge in [-0.05, 0) is 18.6 Å². The molecule has 0 amide bonds. The summed E-state index contributed by atoms with van der Waals surface area (Å²) in [6.07, 6.45) is 0. The van der Waals surface area contributed by atoms with E-state index < -0.39 is 17.7 Å². The van der Waals surface area contributed by atoms with Crippen molar-refractivity contribution in [3.05, 3.63) is 59.4 Å². The third-order valence-electron chi connectivity index (χ3n) is 3.21. The van der Waals surface area contributed by atoms with Crippen LogP contribution < -0.4 is 11.5 Å². The molecular weight excluding hydrogens is 271 g/mol. The molecule has 1 atom stereocenters. The topological polar surface area (TPSA) is 78.3 Å². The predicted octanol–water partition coefficient (Wildman–Crippen LogP) is 2.69. The lowest BCUT2D eigenvalue weighted by Gasteiger charge is -2.18. The summed E-state index contributed by atoms with van der Waals surface area (Å²) in [6, 6.07) is 11.8. The Bertz CT molecular complexity index is 644. The zero-order valence-electron chi connectivity index (χ0n) is 11.7. The molecule has 0 aromatic heterocycles. The molecule has 0 fully saturated rings. The van der Waals surface area contributed by atoms with Gasteiger partial charge in [0.1, 0.15) is 5.92 Å². The molecule has 110 valence electrons. The second kappa shape index (κ2) is 6.26. The number of benzene rings is 2. The molecule has 0 saturated carbocycles. The first-order valence-corrected chi connectivity index (χ1v) is 6.61. The van der Waals surface area contributed by atoms with Gasteiger partial charge in [-0.2, -0.15) is 0 Å². The highest BCUT2D eigenvalue weighted by Gasteiger charge is 2.28. The maximum absolute atomic E-state index is 14.4. The van der Waals surface area contributed by atoms with E-state index in [0.29, 0.717) is 5.56 Å². The minimum atomic E-state index is -0.867. The van der Waals surface area contributed by atoms with Crippen molar-refractivity contribution >= 4 is 17.3 Å². The van der Waals surface area contributed by atoms with Gasteiger partial charge in [-0.1, -0.05) is 36.4 Å². The molecule has 0 bridgehead atoms. The zero-order valence-corrected chi connectivity index (χ0v) is 11.7. The average Bonchev–Trinajstić information content (AvgIpc) is 2.49. The molecule has 1 unspecified atom stereocenters. The Hall–Kier alpha value is -2.56. The van der Waals surface area contributed by atoms with Gasteiger partial charge in [-0.15, -0.1) is 0 Å². The van der Waals surface area contributed by atoms with Crippen LogP contribution in [0.15, 0.2) is 42.5 Å². The fourth-order valence-electron chi connectivity index (χ4n) is 2.16. The quantitative estimate of drug-likeness (QED) is 0.669. The number of nitrogens with two attached hydrogens (primary N) is 2. The van der Waals surface area contributed by atoms with E-state index in [4.69, 9.17) is 16.2 Å². The Balaban J connectivity index is 2.56. The minimum absolute atomic E-state index is 0.145. The van der Waals surface area contributed by atoms with Crippen LogP contribution in [0.4, 0.5) is 15.8 Å². The van der Waals surface area contributed by atoms with Crippen molar-refractivity contribution in [3.63, 3.8) is 0 Å². The Labute approximate surface area is 122 Å². The molecule has 0 aliphatic rings. The van der Waals surface area contributed by atoms with E-state index in [1.807, 2.05) is 6.07 Å². The zero-order chi connectivity index (χ0) is 15.4. The molecule has 2 aromatic rings. The molecule has 4 N–H and O–H groups in total. The van der Waals surface area contributed by atoms with Crippen LogP contribution in [-0.2, 0) is 9.53 Å². The summed E-state index contributed by atoms with van der Waals surface area (Å²) in [7, 11) is 0. The second-order valence-electron chi connectivity index (χ2n) is 4.57. The molecule has 2 rings (SSSR count). The van der Waals surface area contributed by atoms with Gasteiger partial charge in [0.15, 0.2) is 5.82 Å². The highest BCUT2D eigenvalue weighted by atomic mass is 19.1. The van der Waals surface area contributed by atoms with E-state index in [-0.39, 0.29) is 23.5 Å². The summed E-state index contributed by atoms with van der Waals surface area (Å²) in [5, 5.41) is 0. The summed E-state index contributed by atoms with van der Waals surface area (Å²) < 4.78 is 19.4. The van der Waals surface area contributed by atoms with Gasteiger partial charge in [0.2, 0.25) is 0 Å². The number of carbonyl (C=O) groups is 1. The molecule has 5 heteroatoms.